The summed E-state index contributed by atoms with van der Waals surface area (Å²) in [5, 5.41) is 0. The summed E-state index contributed by atoms with van der Waals surface area (Å²) >= 11 is 0. The Balaban J connectivity index is 1.94. The summed E-state index contributed by atoms with van der Waals surface area (Å²) in [5.41, 5.74) is 2.10. The van der Waals surface area contributed by atoms with Crippen molar-refractivity contribution in [3.05, 3.63) is 49.0 Å². The third kappa shape index (κ3) is 2.22. The average molecular weight is 270 g/mol. The van der Waals surface area contributed by atoms with Crippen LogP contribution in [0.1, 0.15) is 31.4 Å². The second-order valence-corrected chi connectivity index (χ2v) is 5.16. The minimum atomic E-state index is -0.295. The number of ether oxygens (including phenoxy) is 1. The fourth-order valence-electron chi connectivity index (χ4n) is 3.26. The molecule has 104 valence electrons. The number of aromatic nitrogens is 1. The molecule has 4 heteroatoms. The number of fused-ring (bicyclic) bond motifs is 2. The molecule has 1 saturated heterocycles. The molecule has 0 aliphatic carbocycles. The van der Waals surface area contributed by atoms with E-state index in [1.165, 1.54) is 6.26 Å². The number of hydrogen-bond donors (Lipinski definition) is 0. The van der Waals surface area contributed by atoms with Gasteiger partial charge in [-0.3, -0.25) is 9.88 Å². The van der Waals surface area contributed by atoms with Crippen LogP contribution in [0, 0.1) is 0 Å². The van der Waals surface area contributed by atoms with Gasteiger partial charge in [-0.15, -0.1) is 0 Å². The standard InChI is InChI=1S/C16H18N2O2/c1-2-20-16(19)18-12-6-5-7-13(15(18)10-9-12)14-8-3-4-11-17-14/h2-4,7-8,11-12,15H,1,5-6,9-10H2/t12-,15+/m0/s1. The van der Waals surface area contributed by atoms with E-state index in [0.717, 1.165) is 37.0 Å². The molecule has 0 radical (unpaired) electrons. The van der Waals surface area contributed by atoms with Crippen molar-refractivity contribution >= 4 is 11.7 Å². The van der Waals surface area contributed by atoms with E-state index >= 15 is 0 Å². The Morgan fingerprint density at radius 1 is 1.40 bits per heavy atom. The van der Waals surface area contributed by atoms with Crippen LogP contribution in [0.4, 0.5) is 4.79 Å². The lowest BCUT2D eigenvalue weighted by atomic mass is 9.97. The number of carbonyl (C=O) groups is 1. The van der Waals surface area contributed by atoms with E-state index in [9.17, 15) is 4.79 Å². The maximum absolute atomic E-state index is 12.2. The molecule has 1 aromatic rings. The number of carbonyl (C=O) groups excluding carboxylic acids is 1. The van der Waals surface area contributed by atoms with Crippen LogP contribution in [0.25, 0.3) is 5.57 Å². The SMILES string of the molecule is C=COC(=O)N1[C@H]2CCC=C(c3ccccn3)[C@H]1CC2. The molecule has 20 heavy (non-hydrogen) atoms. The predicted molar refractivity (Wildman–Crippen MR) is 76.8 cm³/mol. The predicted octanol–water partition coefficient (Wildman–Crippen LogP) is 3.37. The van der Waals surface area contributed by atoms with E-state index in [0.29, 0.717) is 0 Å². The van der Waals surface area contributed by atoms with Crippen molar-refractivity contribution in [2.24, 2.45) is 0 Å². The summed E-state index contributed by atoms with van der Waals surface area (Å²) in [6.45, 7) is 3.47. The second kappa shape index (κ2) is 5.49. The van der Waals surface area contributed by atoms with Crippen LogP contribution < -0.4 is 0 Å². The zero-order valence-electron chi connectivity index (χ0n) is 11.4. The van der Waals surface area contributed by atoms with Gasteiger partial charge in [0, 0.05) is 12.2 Å². The van der Waals surface area contributed by atoms with Crippen LogP contribution in [0.2, 0.25) is 0 Å². The molecule has 1 fully saturated rings. The molecule has 2 atom stereocenters. The van der Waals surface area contributed by atoms with E-state index in [2.05, 4.69) is 17.6 Å². The maximum atomic E-state index is 12.2. The molecular formula is C16H18N2O2. The molecule has 0 spiro atoms. The Kier molecular flexibility index (Phi) is 3.54. The summed E-state index contributed by atoms with van der Waals surface area (Å²) in [7, 11) is 0. The van der Waals surface area contributed by atoms with Gasteiger partial charge in [0.15, 0.2) is 0 Å². The first kappa shape index (κ1) is 12.9. The quantitative estimate of drug-likeness (QED) is 0.774. The summed E-state index contributed by atoms with van der Waals surface area (Å²) in [6.07, 6.45) is 8.89. The largest absolute Gasteiger partial charge is 0.419 e. The molecule has 2 bridgehead atoms. The second-order valence-electron chi connectivity index (χ2n) is 5.16. The maximum Gasteiger partial charge on any atom is 0.415 e. The number of pyridine rings is 1. The molecule has 1 amide bonds. The fourth-order valence-corrected chi connectivity index (χ4v) is 3.26. The number of rotatable bonds is 2. The van der Waals surface area contributed by atoms with E-state index in [1.54, 1.807) is 6.20 Å². The van der Waals surface area contributed by atoms with Gasteiger partial charge in [0.25, 0.3) is 0 Å². The van der Waals surface area contributed by atoms with Crippen LogP contribution in [0.3, 0.4) is 0 Å². The molecule has 0 unspecified atom stereocenters. The van der Waals surface area contributed by atoms with Gasteiger partial charge in [-0.2, -0.15) is 0 Å². The first-order valence-corrected chi connectivity index (χ1v) is 7.02. The normalized spacial score (nSPS) is 24.8. The first-order valence-electron chi connectivity index (χ1n) is 7.02. The Morgan fingerprint density at radius 3 is 3.05 bits per heavy atom. The molecule has 2 aliphatic rings. The topological polar surface area (TPSA) is 42.4 Å². The highest BCUT2D eigenvalue weighted by Crippen LogP contribution is 2.38. The molecule has 0 saturated carbocycles. The first-order chi connectivity index (χ1) is 9.81. The molecule has 3 rings (SSSR count). The highest BCUT2D eigenvalue weighted by molar-refractivity contribution is 5.77. The van der Waals surface area contributed by atoms with Gasteiger partial charge in [-0.1, -0.05) is 18.7 Å². The van der Waals surface area contributed by atoms with E-state index in [1.807, 2.05) is 23.1 Å². The monoisotopic (exact) mass is 270 g/mol. The lowest BCUT2D eigenvalue weighted by molar-refractivity contribution is 0.123. The van der Waals surface area contributed by atoms with Crippen molar-refractivity contribution < 1.29 is 9.53 Å². The van der Waals surface area contributed by atoms with Gasteiger partial charge in [0.1, 0.15) is 0 Å². The van der Waals surface area contributed by atoms with Gasteiger partial charge in [0.2, 0.25) is 0 Å². The number of nitrogens with zero attached hydrogens (tertiary/aromatic N) is 2. The smallest absolute Gasteiger partial charge is 0.415 e. The molecule has 2 aliphatic heterocycles. The lowest BCUT2D eigenvalue weighted by Gasteiger charge is -2.28. The third-order valence-electron chi connectivity index (χ3n) is 4.08. The van der Waals surface area contributed by atoms with Gasteiger partial charge in [-0.25, -0.2) is 4.79 Å². The Bertz CT molecular complexity index is 539. The van der Waals surface area contributed by atoms with Crippen LogP contribution in [-0.4, -0.2) is 28.1 Å². The molecule has 4 nitrogen and oxygen atoms in total. The highest BCUT2D eigenvalue weighted by atomic mass is 16.5. The molecule has 0 aromatic carbocycles. The molecule has 0 N–H and O–H groups in total. The van der Waals surface area contributed by atoms with Crippen LogP contribution in [-0.2, 0) is 4.74 Å². The van der Waals surface area contributed by atoms with Gasteiger partial charge < -0.3 is 4.74 Å². The van der Waals surface area contributed by atoms with Crippen molar-refractivity contribution in [1.82, 2.24) is 9.88 Å². The third-order valence-corrected chi connectivity index (χ3v) is 4.08. The molecule has 1 aromatic heterocycles. The number of allylic oxidation sites excluding steroid dienone is 1. The van der Waals surface area contributed by atoms with Crippen molar-refractivity contribution in [1.29, 1.82) is 0 Å². The van der Waals surface area contributed by atoms with E-state index in [-0.39, 0.29) is 18.2 Å². The van der Waals surface area contributed by atoms with Crippen molar-refractivity contribution in [2.75, 3.05) is 0 Å². The van der Waals surface area contributed by atoms with E-state index in [4.69, 9.17) is 4.74 Å². The van der Waals surface area contributed by atoms with Crippen LogP contribution in [0.15, 0.2) is 43.3 Å². The lowest BCUT2D eigenvalue weighted by Crippen LogP contribution is -2.40. The van der Waals surface area contributed by atoms with Crippen molar-refractivity contribution in [3.8, 4) is 0 Å². The highest BCUT2D eigenvalue weighted by Gasteiger charge is 2.41. The van der Waals surface area contributed by atoms with Crippen molar-refractivity contribution in [3.63, 3.8) is 0 Å². The minimum absolute atomic E-state index is 0.0739. The Hall–Kier alpha value is -2.10. The summed E-state index contributed by atoms with van der Waals surface area (Å²) in [6, 6.07) is 6.23. The van der Waals surface area contributed by atoms with E-state index < -0.39 is 0 Å². The molecular weight excluding hydrogens is 252 g/mol. The summed E-state index contributed by atoms with van der Waals surface area (Å²) in [4.78, 5) is 18.5. The van der Waals surface area contributed by atoms with Crippen molar-refractivity contribution in [2.45, 2.75) is 37.8 Å². The van der Waals surface area contributed by atoms with Crippen LogP contribution in [0.5, 0.6) is 0 Å². The number of amides is 1. The van der Waals surface area contributed by atoms with Gasteiger partial charge in [0.05, 0.1) is 18.0 Å². The fraction of sp³-hybridized carbons (Fsp3) is 0.375. The molecule has 3 heterocycles. The Labute approximate surface area is 118 Å². The Morgan fingerprint density at radius 2 is 2.30 bits per heavy atom. The zero-order valence-corrected chi connectivity index (χ0v) is 11.4. The van der Waals surface area contributed by atoms with Gasteiger partial charge >= 0.3 is 6.09 Å². The average Bonchev–Trinajstić information content (AvgIpc) is 2.77. The minimum Gasteiger partial charge on any atom is -0.419 e. The summed E-state index contributed by atoms with van der Waals surface area (Å²) < 4.78 is 5.01. The zero-order chi connectivity index (χ0) is 13.9. The summed E-state index contributed by atoms with van der Waals surface area (Å²) in [5.74, 6) is 0. The number of hydrogen-bond acceptors (Lipinski definition) is 3. The van der Waals surface area contributed by atoms with Crippen LogP contribution >= 0.6 is 0 Å². The van der Waals surface area contributed by atoms with Gasteiger partial charge in [-0.05, 0) is 43.4 Å².